The predicted molar refractivity (Wildman–Crippen MR) is 68.7 cm³/mol. The minimum absolute atomic E-state index is 0.104. The molecule has 7 heteroatoms. The van der Waals surface area contributed by atoms with Crippen molar-refractivity contribution in [1.29, 1.82) is 0 Å². The number of ether oxygens (including phenoxy) is 1. The number of carboxylic acids is 1. The highest BCUT2D eigenvalue weighted by Gasteiger charge is 2.26. The molecule has 0 bridgehead atoms. The highest BCUT2D eigenvalue weighted by molar-refractivity contribution is 5.86. The van der Waals surface area contributed by atoms with Crippen molar-refractivity contribution in [2.45, 2.75) is 33.2 Å². The van der Waals surface area contributed by atoms with E-state index in [0.717, 1.165) is 7.11 Å². The third kappa shape index (κ3) is 7.28. The Morgan fingerprint density at radius 1 is 1.32 bits per heavy atom. The molecule has 0 fully saturated rings. The van der Waals surface area contributed by atoms with Crippen molar-refractivity contribution >= 4 is 18.0 Å². The molecule has 0 saturated carbocycles. The van der Waals surface area contributed by atoms with E-state index in [4.69, 9.17) is 5.11 Å². The second kappa shape index (κ2) is 6.96. The maximum absolute atomic E-state index is 11.8. The number of amides is 2. The van der Waals surface area contributed by atoms with E-state index in [9.17, 15) is 14.4 Å². The molecule has 0 aliphatic rings. The number of nitrogens with one attached hydrogen (secondary N) is 1. The Kier molecular flexibility index (Phi) is 6.31. The smallest absolute Gasteiger partial charge is 0.326 e. The largest absolute Gasteiger partial charge is 0.480 e. The van der Waals surface area contributed by atoms with E-state index in [1.165, 1.54) is 4.90 Å². The molecule has 0 unspecified atom stereocenters. The van der Waals surface area contributed by atoms with Crippen LogP contribution in [-0.2, 0) is 14.3 Å². The number of carbonyl (C=O) groups is 3. The van der Waals surface area contributed by atoms with Crippen molar-refractivity contribution in [3.05, 3.63) is 0 Å². The minimum Gasteiger partial charge on any atom is -0.480 e. The number of hydrogen-bond acceptors (Lipinski definition) is 4. The van der Waals surface area contributed by atoms with Crippen LogP contribution in [0.25, 0.3) is 0 Å². The first kappa shape index (κ1) is 17.2. The summed E-state index contributed by atoms with van der Waals surface area (Å²) in [6.45, 7) is 6.34. The molecule has 19 heavy (non-hydrogen) atoms. The average molecular weight is 274 g/mol. The standard InChI is InChI=1S/C12H22N2O5/c1-12(2,3)7-14(4)11(18)13-8(10(16)17)6-9(15)19-5/h8H,6-7H2,1-5H3,(H,13,18)(H,16,17)/t8-/m0/s1. The molecule has 0 aliphatic heterocycles. The molecule has 110 valence electrons. The summed E-state index contributed by atoms with van der Waals surface area (Å²) in [6.07, 6.45) is -0.402. The SMILES string of the molecule is COC(=O)C[C@H](NC(=O)N(C)CC(C)(C)C)C(=O)O. The van der Waals surface area contributed by atoms with E-state index in [1.54, 1.807) is 7.05 Å². The van der Waals surface area contributed by atoms with Gasteiger partial charge in [0.2, 0.25) is 0 Å². The van der Waals surface area contributed by atoms with E-state index >= 15 is 0 Å². The van der Waals surface area contributed by atoms with Crippen LogP contribution < -0.4 is 5.32 Å². The third-order valence-electron chi connectivity index (χ3n) is 2.25. The molecule has 0 aromatic heterocycles. The summed E-state index contributed by atoms with van der Waals surface area (Å²) in [6, 6.07) is -1.83. The van der Waals surface area contributed by atoms with Gasteiger partial charge in [-0.05, 0) is 5.41 Å². The normalized spacial score (nSPS) is 12.5. The van der Waals surface area contributed by atoms with Crippen molar-refractivity contribution in [2.75, 3.05) is 20.7 Å². The molecule has 0 spiro atoms. The van der Waals surface area contributed by atoms with Crippen molar-refractivity contribution < 1.29 is 24.2 Å². The number of hydrogen-bond donors (Lipinski definition) is 2. The van der Waals surface area contributed by atoms with Gasteiger partial charge in [0.1, 0.15) is 6.04 Å². The van der Waals surface area contributed by atoms with Gasteiger partial charge >= 0.3 is 18.0 Å². The van der Waals surface area contributed by atoms with Crippen LogP contribution in [0.2, 0.25) is 0 Å². The number of esters is 1. The van der Waals surface area contributed by atoms with Crippen molar-refractivity contribution in [1.82, 2.24) is 10.2 Å². The zero-order valence-electron chi connectivity index (χ0n) is 12.0. The van der Waals surface area contributed by atoms with Crippen LogP contribution in [-0.4, -0.2) is 54.7 Å². The summed E-state index contributed by atoms with van der Waals surface area (Å²) in [7, 11) is 2.73. The van der Waals surface area contributed by atoms with Crippen LogP contribution in [0.15, 0.2) is 0 Å². The van der Waals surface area contributed by atoms with Crippen LogP contribution in [0.3, 0.4) is 0 Å². The van der Waals surface area contributed by atoms with Gasteiger partial charge in [-0.15, -0.1) is 0 Å². The molecule has 0 heterocycles. The third-order valence-corrected chi connectivity index (χ3v) is 2.25. The van der Waals surface area contributed by atoms with Crippen molar-refractivity contribution in [3.63, 3.8) is 0 Å². The lowest BCUT2D eigenvalue weighted by atomic mass is 9.96. The zero-order chi connectivity index (χ0) is 15.2. The first-order chi connectivity index (χ1) is 8.56. The summed E-state index contributed by atoms with van der Waals surface area (Å²) in [5.74, 6) is -1.96. The molecule has 2 amide bonds. The van der Waals surface area contributed by atoms with E-state index in [1.807, 2.05) is 20.8 Å². The van der Waals surface area contributed by atoms with Crippen molar-refractivity contribution in [3.8, 4) is 0 Å². The Morgan fingerprint density at radius 3 is 2.21 bits per heavy atom. The molecule has 7 nitrogen and oxygen atoms in total. The van der Waals surface area contributed by atoms with Gasteiger partial charge in [0, 0.05) is 13.6 Å². The summed E-state index contributed by atoms with van der Waals surface area (Å²) in [4.78, 5) is 35.2. The fraction of sp³-hybridized carbons (Fsp3) is 0.750. The first-order valence-corrected chi connectivity index (χ1v) is 5.88. The maximum Gasteiger partial charge on any atom is 0.326 e. The average Bonchev–Trinajstić information content (AvgIpc) is 2.25. The first-order valence-electron chi connectivity index (χ1n) is 5.88. The van der Waals surface area contributed by atoms with E-state index in [-0.39, 0.29) is 5.41 Å². The number of carbonyl (C=O) groups excluding carboxylic acids is 2. The highest BCUT2D eigenvalue weighted by atomic mass is 16.5. The Bertz CT molecular complexity index is 349. The molecule has 1 atom stereocenters. The second-order valence-corrected chi connectivity index (χ2v) is 5.54. The van der Waals surface area contributed by atoms with Crippen LogP contribution in [0.5, 0.6) is 0 Å². The predicted octanol–water partition coefficient (Wildman–Crippen LogP) is 0.690. The van der Waals surface area contributed by atoms with Gasteiger partial charge in [-0.25, -0.2) is 9.59 Å². The molecule has 0 saturated heterocycles. The molecule has 0 aromatic carbocycles. The quantitative estimate of drug-likeness (QED) is 0.719. The molecule has 0 aliphatic carbocycles. The minimum atomic E-state index is -1.29. The Labute approximate surface area is 112 Å². The van der Waals surface area contributed by atoms with Gasteiger partial charge < -0.3 is 20.1 Å². The summed E-state index contributed by atoms with van der Waals surface area (Å²) < 4.78 is 4.39. The molecule has 0 aromatic rings. The van der Waals surface area contributed by atoms with Gasteiger partial charge in [0.05, 0.1) is 13.5 Å². The molecule has 0 radical (unpaired) electrons. The van der Waals surface area contributed by atoms with Crippen LogP contribution in [0.1, 0.15) is 27.2 Å². The molecule has 0 rings (SSSR count). The number of methoxy groups -OCH3 is 1. The monoisotopic (exact) mass is 274 g/mol. The van der Waals surface area contributed by atoms with E-state index in [2.05, 4.69) is 10.1 Å². The number of urea groups is 1. The number of rotatable bonds is 5. The second-order valence-electron chi connectivity index (χ2n) is 5.54. The molecular weight excluding hydrogens is 252 g/mol. The van der Waals surface area contributed by atoms with Crippen LogP contribution in [0, 0.1) is 5.41 Å². The molecular formula is C12H22N2O5. The Morgan fingerprint density at radius 2 is 1.84 bits per heavy atom. The van der Waals surface area contributed by atoms with Gasteiger partial charge in [-0.3, -0.25) is 4.79 Å². The van der Waals surface area contributed by atoms with Crippen molar-refractivity contribution in [2.24, 2.45) is 5.41 Å². The summed E-state index contributed by atoms with van der Waals surface area (Å²) >= 11 is 0. The lowest BCUT2D eigenvalue weighted by Crippen LogP contribution is -2.49. The number of nitrogens with zero attached hydrogens (tertiary/aromatic N) is 1. The fourth-order valence-corrected chi connectivity index (χ4v) is 1.49. The summed E-state index contributed by atoms with van der Waals surface area (Å²) in [5.41, 5.74) is -0.104. The maximum atomic E-state index is 11.8. The van der Waals surface area contributed by atoms with Gasteiger partial charge in [0.25, 0.3) is 0 Å². The van der Waals surface area contributed by atoms with Gasteiger partial charge in [0.15, 0.2) is 0 Å². The van der Waals surface area contributed by atoms with Crippen LogP contribution >= 0.6 is 0 Å². The van der Waals surface area contributed by atoms with Gasteiger partial charge in [-0.1, -0.05) is 20.8 Å². The Balaban J connectivity index is 4.55. The van der Waals surface area contributed by atoms with Crippen LogP contribution in [0.4, 0.5) is 4.79 Å². The Hall–Kier alpha value is -1.79. The lowest BCUT2D eigenvalue weighted by molar-refractivity contribution is -0.147. The number of aliphatic carboxylic acids is 1. The summed E-state index contributed by atoms with van der Waals surface area (Å²) in [5, 5.41) is 11.2. The molecule has 2 N–H and O–H groups in total. The lowest BCUT2D eigenvalue weighted by Gasteiger charge is -2.27. The topological polar surface area (TPSA) is 95.9 Å². The highest BCUT2D eigenvalue weighted by Crippen LogP contribution is 2.14. The zero-order valence-corrected chi connectivity index (χ0v) is 12.0. The fourth-order valence-electron chi connectivity index (χ4n) is 1.49. The van der Waals surface area contributed by atoms with E-state index < -0.39 is 30.4 Å². The number of carboxylic acid groups (broad SMARTS) is 1. The van der Waals surface area contributed by atoms with Gasteiger partial charge in [-0.2, -0.15) is 0 Å². The van der Waals surface area contributed by atoms with E-state index in [0.29, 0.717) is 6.54 Å².